The third kappa shape index (κ3) is 2.59. The van der Waals surface area contributed by atoms with Gasteiger partial charge in [-0.15, -0.1) is 0 Å². The molecule has 0 atom stereocenters. The zero-order valence-corrected chi connectivity index (χ0v) is 16.8. The molecule has 1 aliphatic heterocycles. The molecule has 4 heteroatoms. The van der Waals surface area contributed by atoms with E-state index in [0.29, 0.717) is 0 Å². The van der Waals surface area contributed by atoms with Crippen LogP contribution in [0, 0.1) is 0 Å². The lowest BCUT2D eigenvalue weighted by molar-refractivity contribution is 0.00578. The van der Waals surface area contributed by atoms with E-state index in [4.69, 9.17) is 13.7 Å². The molecule has 0 amide bonds. The monoisotopic (exact) mass is 350 g/mol. The first-order chi connectivity index (χ1) is 12.0. The van der Waals surface area contributed by atoms with E-state index < -0.39 is 7.12 Å². The van der Waals surface area contributed by atoms with Crippen LogP contribution in [-0.4, -0.2) is 18.3 Å². The van der Waals surface area contributed by atoms with Gasteiger partial charge in [0, 0.05) is 16.2 Å². The molecular formula is C22H27BO3. The summed E-state index contributed by atoms with van der Waals surface area (Å²) in [5.74, 6) is 0. The standard InChI is InChI=1S/C22H27BO3/c1-20(2,3)14-12-16-15-10-8-9-11-18(15)24-19(16)17(13-14)23-25-21(4,5)22(6,7)26-23/h8-13H,1-7H3. The molecule has 2 heterocycles. The fourth-order valence-electron chi connectivity index (χ4n) is 3.43. The number of benzene rings is 2. The maximum atomic E-state index is 6.34. The molecule has 1 fully saturated rings. The number of furan rings is 1. The summed E-state index contributed by atoms with van der Waals surface area (Å²) in [4.78, 5) is 0. The van der Waals surface area contributed by atoms with Crippen molar-refractivity contribution < 1.29 is 13.7 Å². The number of hydrogen-bond acceptors (Lipinski definition) is 3. The molecule has 136 valence electrons. The van der Waals surface area contributed by atoms with Crippen LogP contribution in [-0.2, 0) is 14.7 Å². The van der Waals surface area contributed by atoms with Crippen molar-refractivity contribution in [3.05, 3.63) is 42.0 Å². The average Bonchev–Trinajstić information content (AvgIpc) is 3.00. The summed E-state index contributed by atoms with van der Waals surface area (Å²) in [6.45, 7) is 15.0. The SMILES string of the molecule is CC(C)(C)c1cc(B2OC(C)(C)C(C)(C)O2)c2oc3ccccc3c2c1. The highest BCUT2D eigenvalue weighted by atomic mass is 16.7. The molecule has 0 aliphatic carbocycles. The van der Waals surface area contributed by atoms with E-state index in [1.165, 1.54) is 5.56 Å². The van der Waals surface area contributed by atoms with E-state index in [-0.39, 0.29) is 16.6 Å². The summed E-state index contributed by atoms with van der Waals surface area (Å²) in [7, 11) is -0.439. The maximum absolute atomic E-state index is 6.34. The van der Waals surface area contributed by atoms with Crippen LogP contribution in [0.5, 0.6) is 0 Å². The maximum Gasteiger partial charge on any atom is 0.498 e. The third-order valence-corrected chi connectivity index (χ3v) is 5.88. The van der Waals surface area contributed by atoms with Crippen molar-refractivity contribution in [2.45, 2.75) is 65.1 Å². The van der Waals surface area contributed by atoms with Crippen molar-refractivity contribution in [3.8, 4) is 0 Å². The quantitative estimate of drug-likeness (QED) is 0.567. The Hall–Kier alpha value is -1.78. The van der Waals surface area contributed by atoms with Crippen LogP contribution in [0.3, 0.4) is 0 Å². The van der Waals surface area contributed by atoms with Crippen molar-refractivity contribution in [3.63, 3.8) is 0 Å². The van der Waals surface area contributed by atoms with Gasteiger partial charge in [0.2, 0.25) is 0 Å². The first-order valence-electron chi connectivity index (χ1n) is 9.31. The second kappa shape index (κ2) is 5.37. The van der Waals surface area contributed by atoms with Gasteiger partial charge in [0.1, 0.15) is 11.2 Å². The molecule has 1 saturated heterocycles. The molecule has 0 N–H and O–H groups in total. The summed E-state index contributed by atoms with van der Waals surface area (Å²) in [6, 6.07) is 12.6. The summed E-state index contributed by atoms with van der Waals surface area (Å²) in [6.07, 6.45) is 0. The van der Waals surface area contributed by atoms with Crippen LogP contribution >= 0.6 is 0 Å². The van der Waals surface area contributed by atoms with Gasteiger partial charge in [-0.05, 0) is 50.8 Å². The van der Waals surface area contributed by atoms with Gasteiger partial charge < -0.3 is 13.7 Å². The summed E-state index contributed by atoms with van der Waals surface area (Å²) >= 11 is 0. The minimum absolute atomic E-state index is 0.0188. The predicted octanol–water partition coefficient (Wildman–Crippen LogP) is 5.18. The van der Waals surface area contributed by atoms with Crippen LogP contribution in [0.2, 0.25) is 0 Å². The topological polar surface area (TPSA) is 31.6 Å². The highest BCUT2D eigenvalue weighted by molar-refractivity contribution is 6.65. The average molecular weight is 350 g/mol. The molecule has 0 saturated carbocycles. The summed E-state index contributed by atoms with van der Waals surface area (Å²) < 4.78 is 18.9. The molecule has 2 aromatic carbocycles. The van der Waals surface area contributed by atoms with Crippen LogP contribution < -0.4 is 5.46 Å². The van der Waals surface area contributed by atoms with E-state index in [2.05, 4.69) is 72.7 Å². The Bertz CT molecular complexity index is 976. The fourth-order valence-corrected chi connectivity index (χ4v) is 3.43. The van der Waals surface area contributed by atoms with Gasteiger partial charge in [0.05, 0.1) is 11.2 Å². The lowest BCUT2D eigenvalue weighted by atomic mass is 9.74. The van der Waals surface area contributed by atoms with Crippen molar-refractivity contribution in [1.29, 1.82) is 0 Å². The van der Waals surface area contributed by atoms with Gasteiger partial charge in [-0.1, -0.05) is 45.0 Å². The van der Waals surface area contributed by atoms with Crippen LogP contribution in [0.1, 0.15) is 54.0 Å². The minimum atomic E-state index is -0.439. The van der Waals surface area contributed by atoms with Crippen molar-refractivity contribution in [2.24, 2.45) is 0 Å². The van der Waals surface area contributed by atoms with Gasteiger partial charge >= 0.3 is 7.12 Å². The van der Waals surface area contributed by atoms with Gasteiger partial charge in [0.15, 0.2) is 0 Å². The molecule has 3 nitrogen and oxygen atoms in total. The molecule has 0 spiro atoms. The number of para-hydroxylation sites is 1. The van der Waals surface area contributed by atoms with Gasteiger partial charge in [0.25, 0.3) is 0 Å². The van der Waals surface area contributed by atoms with Crippen molar-refractivity contribution >= 4 is 34.5 Å². The minimum Gasteiger partial charge on any atom is -0.456 e. The Labute approximate surface area is 155 Å². The van der Waals surface area contributed by atoms with Gasteiger partial charge in [-0.3, -0.25) is 0 Å². The second-order valence-electron chi connectivity index (χ2n) is 9.38. The molecule has 0 radical (unpaired) electrons. The van der Waals surface area contributed by atoms with E-state index in [1.807, 2.05) is 12.1 Å². The highest BCUT2D eigenvalue weighted by Crippen LogP contribution is 2.39. The van der Waals surface area contributed by atoms with Crippen LogP contribution in [0.15, 0.2) is 40.8 Å². The smallest absolute Gasteiger partial charge is 0.456 e. The molecule has 0 bridgehead atoms. The molecule has 1 aliphatic rings. The Morgan fingerprint density at radius 3 is 2.08 bits per heavy atom. The highest BCUT2D eigenvalue weighted by Gasteiger charge is 2.52. The molecular weight excluding hydrogens is 323 g/mol. The third-order valence-electron chi connectivity index (χ3n) is 5.88. The number of fused-ring (bicyclic) bond motifs is 3. The zero-order valence-electron chi connectivity index (χ0n) is 16.8. The van der Waals surface area contributed by atoms with Gasteiger partial charge in [-0.2, -0.15) is 0 Å². The van der Waals surface area contributed by atoms with Gasteiger partial charge in [-0.25, -0.2) is 0 Å². The number of hydrogen-bond donors (Lipinski definition) is 0. The molecule has 3 aromatic rings. The largest absolute Gasteiger partial charge is 0.498 e. The van der Waals surface area contributed by atoms with Crippen molar-refractivity contribution in [1.82, 2.24) is 0 Å². The second-order valence-corrected chi connectivity index (χ2v) is 9.38. The normalized spacial score (nSPS) is 19.6. The molecule has 4 rings (SSSR count). The first kappa shape index (κ1) is 17.6. The Morgan fingerprint density at radius 1 is 0.846 bits per heavy atom. The molecule has 0 unspecified atom stereocenters. The molecule has 1 aromatic heterocycles. The first-order valence-corrected chi connectivity index (χ1v) is 9.31. The molecule has 26 heavy (non-hydrogen) atoms. The number of rotatable bonds is 1. The van der Waals surface area contributed by atoms with Crippen LogP contribution in [0.25, 0.3) is 21.9 Å². The van der Waals surface area contributed by atoms with E-state index in [1.54, 1.807) is 0 Å². The van der Waals surface area contributed by atoms with Crippen LogP contribution in [0.4, 0.5) is 0 Å². The summed E-state index contributed by atoms with van der Waals surface area (Å²) in [5.41, 5.74) is 3.24. The Balaban J connectivity index is 1.99. The summed E-state index contributed by atoms with van der Waals surface area (Å²) in [5, 5.41) is 2.25. The lowest BCUT2D eigenvalue weighted by Crippen LogP contribution is -2.41. The Morgan fingerprint density at radius 2 is 1.46 bits per heavy atom. The van der Waals surface area contributed by atoms with E-state index >= 15 is 0 Å². The predicted molar refractivity (Wildman–Crippen MR) is 108 cm³/mol. The fraction of sp³-hybridized carbons (Fsp3) is 0.455. The lowest BCUT2D eigenvalue weighted by Gasteiger charge is -2.32. The zero-order chi connectivity index (χ0) is 18.9. The Kier molecular flexibility index (Phi) is 3.64. The van der Waals surface area contributed by atoms with E-state index in [0.717, 1.165) is 27.4 Å². The van der Waals surface area contributed by atoms with Crippen molar-refractivity contribution in [2.75, 3.05) is 0 Å². The van der Waals surface area contributed by atoms with E-state index in [9.17, 15) is 0 Å².